The third kappa shape index (κ3) is 1.40. The summed E-state index contributed by atoms with van der Waals surface area (Å²) < 4.78 is 2.08. The molecule has 0 amide bonds. The van der Waals surface area contributed by atoms with Gasteiger partial charge in [0.2, 0.25) is 0 Å². The van der Waals surface area contributed by atoms with Gasteiger partial charge in [-0.3, -0.25) is 0 Å². The fraction of sp³-hybridized carbons (Fsp3) is 0.714. The number of hydrogen-bond donors (Lipinski definition) is 0. The second kappa shape index (κ2) is 3.00. The van der Waals surface area contributed by atoms with Gasteiger partial charge < -0.3 is 4.57 Å². The topological polar surface area (TPSA) is 44.8 Å². The van der Waals surface area contributed by atoms with E-state index in [4.69, 9.17) is 0 Å². The van der Waals surface area contributed by atoms with Gasteiger partial charge in [-0.1, -0.05) is 0 Å². The zero-order valence-electron chi connectivity index (χ0n) is 6.35. The van der Waals surface area contributed by atoms with Gasteiger partial charge in [-0.25, -0.2) is 5.32 Å². The van der Waals surface area contributed by atoms with E-state index in [1.54, 1.807) is 12.7 Å². The highest BCUT2D eigenvalue weighted by molar-refractivity contribution is 4.76. The van der Waals surface area contributed by atoms with E-state index in [1.807, 2.05) is 0 Å². The van der Waals surface area contributed by atoms with Gasteiger partial charge in [0.25, 0.3) is 0 Å². The Hall–Kier alpha value is -0.900. The van der Waals surface area contributed by atoms with Crippen LogP contribution < -0.4 is 5.32 Å². The van der Waals surface area contributed by atoms with Crippen LogP contribution in [-0.2, 0) is 0 Å². The first kappa shape index (κ1) is 6.79. The van der Waals surface area contributed by atoms with Crippen LogP contribution in [0.4, 0.5) is 0 Å². The Morgan fingerprint density at radius 2 is 1.73 bits per heavy atom. The summed E-state index contributed by atoms with van der Waals surface area (Å²) in [5, 5.41) is 11.8. The highest BCUT2D eigenvalue weighted by Crippen LogP contribution is 2.17. The van der Waals surface area contributed by atoms with E-state index in [-0.39, 0.29) is 0 Å². The van der Waals surface area contributed by atoms with Crippen molar-refractivity contribution < 1.29 is 0 Å². The minimum Gasteiger partial charge on any atom is -0.317 e. The molecule has 1 aromatic heterocycles. The van der Waals surface area contributed by atoms with E-state index in [0.29, 0.717) is 6.04 Å². The molecule has 1 aromatic rings. The quantitative estimate of drug-likeness (QED) is 0.576. The number of nitrogens with zero attached hydrogens (tertiary/aromatic N) is 4. The standard InChI is InChI=1S/C7H11N4/c1-3-8-4-2-7(1)11-5-9-10-6-11/h5-7H,1-4H2. The monoisotopic (exact) mass is 151 g/mol. The van der Waals surface area contributed by atoms with Crippen LogP contribution in [0.3, 0.4) is 0 Å². The number of hydrogen-bond acceptors (Lipinski definition) is 2. The first-order valence-corrected chi connectivity index (χ1v) is 3.94. The molecule has 0 aromatic carbocycles. The summed E-state index contributed by atoms with van der Waals surface area (Å²) >= 11 is 0. The molecule has 1 aliphatic heterocycles. The Morgan fingerprint density at radius 3 is 2.36 bits per heavy atom. The van der Waals surface area contributed by atoms with Crippen molar-refractivity contribution in [2.75, 3.05) is 13.1 Å². The molecule has 0 aliphatic carbocycles. The van der Waals surface area contributed by atoms with Gasteiger partial charge in [-0.05, 0) is 12.8 Å². The molecule has 0 unspecified atom stereocenters. The number of piperidine rings is 1. The van der Waals surface area contributed by atoms with Gasteiger partial charge in [-0.15, -0.1) is 10.2 Å². The van der Waals surface area contributed by atoms with Gasteiger partial charge in [0.1, 0.15) is 12.7 Å². The van der Waals surface area contributed by atoms with E-state index in [1.165, 1.54) is 0 Å². The lowest BCUT2D eigenvalue weighted by atomic mass is 10.1. The lowest BCUT2D eigenvalue weighted by Gasteiger charge is -2.21. The molecule has 1 radical (unpaired) electrons. The smallest absolute Gasteiger partial charge is 0.119 e. The normalized spacial score (nSPS) is 20.4. The average molecular weight is 151 g/mol. The molecule has 2 heterocycles. The first-order valence-electron chi connectivity index (χ1n) is 3.94. The molecule has 4 nitrogen and oxygen atoms in total. The Labute approximate surface area is 65.6 Å². The molecule has 0 saturated carbocycles. The van der Waals surface area contributed by atoms with Gasteiger partial charge in [0.05, 0.1) is 0 Å². The van der Waals surface area contributed by atoms with Crippen LogP contribution in [0, 0.1) is 0 Å². The molecule has 1 fully saturated rings. The van der Waals surface area contributed by atoms with Crippen LogP contribution in [-0.4, -0.2) is 27.9 Å². The van der Waals surface area contributed by atoms with Crippen LogP contribution in [0.5, 0.6) is 0 Å². The van der Waals surface area contributed by atoms with Crippen LogP contribution in [0.25, 0.3) is 0 Å². The Balaban J connectivity index is 2.04. The van der Waals surface area contributed by atoms with E-state index < -0.39 is 0 Å². The fourth-order valence-corrected chi connectivity index (χ4v) is 1.43. The van der Waals surface area contributed by atoms with E-state index >= 15 is 0 Å². The highest BCUT2D eigenvalue weighted by Gasteiger charge is 2.14. The van der Waals surface area contributed by atoms with Crippen molar-refractivity contribution in [1.82, 2.24) is 20.1 Å². The summed E-state index contributed by atoms with van der Waals surface area (Å²) in [6.07, 6.45) is 5.85. The number of aromatic nitrogens is 3. The summed E-state index contributed by atoms with van der Waals surface area (Å²) in [6.45, 7) is 1.98. The zero-order valence-corrected chi connectivity index (χ0v) is 6.35. The summed E-state index contributed by atoms with van der Waals surface area (Å²) in [7, 11) is 0. The molecule has 2 rings (SSSR count). The molecule has 59 valence electrons. The van der Waals surface area contributed by atoms with E-state index in [9.17, 15) is 0 Å². The van der Waals surface area contributed by atoms with Crippen molar-refractivity contribution >= 4 is 0 Å². The van der Waals surface area contributed by atoms with Crippen molar-refractivity contribution in [2.24, 2.45) is 0 Å². The summed E-state index contributed by atoms with van der Waals surface area (Å²) in [6, 6.07) is 0.586. The lowest BCUT2D eigenvalue weighted by Crippen LogP contribution is -2.24. The summed E-state index contributed by atoms with van der Waals surface area (Å²) in [5.74, 6) is 0. The SMILES string of the molecule is c1nncn1C1CC[N]CC1. The van der Waals surface area contributed by atoms with Gasteiger partial charge in [0.15, 0.2) is 0 Å². The third-order valence-corrected chi connectivity index (χ3v) is 2.10. The molecule has 0 N–H and O–H groups in total. The molecule has 11 heavy (non-hydrogen) atoms. The Bertz CT molecular complexity index is 200. The van der Waals surface area contributed by atoms with Crippen molar-refractivity contribution in [1.29, 1.82) is 0 Å². The van der Waals surface area contributed by atoms with Crippen molar-refractivity contribution in [3.05, 3.63) is 12.7 Å². The maximum Gasteiger partial charge on any atom is 0.119 e. The first-order chi connectivity index (χ1) is 5.47. The maximum atomic E-state index is 4.28. The van der Waals surface area contributed by atoms with Crippen molar-refractivity contribution in [3.63, 3.8) is 0 Å². The van der Waals surface area contributed by atoms with Crippen LogP contribution in [0.15, 0.2) is 12.7 Å². The second-order valence-electron chi connectivity index (χ2n) is 2.81. The summed E-state index contributed by atoms with van der Waals surface area (Å²) in [5.41, 5.74) is 0. The van der Waals surface area contributed by atoms with Crippen LogP contribution in [0.2, 0.25) is 0 Å². The zero-order chi connectivity index (χ0) is 7.52. The highest BCUT2D eigenvalue weighted by atomic mass is 15.2. The fourth-order valence-electron chi connectivity index (χ4n) is 1.43. The molecule has 0 bridgehead atoms. The van der Waals surface area contributed by atoms with Crippen LogP contribution in [0.1, 0.15) is 18.9 Å². The van der Waals surface area contributed by atoms with Gasteiger partial charge >= 0.3 is 0 Å². The minimum absolute atomic E-state index is 0.586. The number of rotatable bonds is 1. The van der Waals surface area contributed by atoms with Gasteiger partial charge in [0, 0.05) is 19.1 Å². The molecule has 1 aliphatic rings. The Morgan fingerprint density at radius 1 is 1.09 bits per heavy atom. The Kier molecular flexibility index (Phi) is 1.85. The predicted molar refractivity (Wildman–Crippen MR) is 40.2 cm³/mol. The molecule has 4 heteroatoms. The van der Waals surface area contributed by atoms with Gasteiger partial charge in [-0.2, -0.15) is 0 Å². The molecular weight excluding hydrogens is 140 g/mol. The minimum atomic E-state index is 0.586. The molecule has 1 saturated heterocycles. The van der Waals surface area contributed by atoms with E-state index in [2.05, 4.69) is 20.1 Å². The van der Waals surface area contributed by atoms with E-state index in [0.717, 1.165) is 25.9 Å². The van der Waals surface area contributed by atoms with Crippen molar-refractivity contribution in [2.45, 2.75) is 18.9 Å². The second-order valence-corrected chi connectivity index (χ2v) is 2.81. The maximum absolute atomic E-state index is 4.28. The predicted octanol–water partition coefficient (Wildman–Crippen LogP) is 0.217. The third-order valence-electron chi connectivity index (χ3n) is 2.10. The lowest BCUT2D eigenvalue weighted by molar-refractivity contribution is 0.363. The molecular formula is C7H11N4. The average Bonchev–Trinajstić information content (AvgIpc) is 2.58. The van der Waals surface area contributed by atoms with Crippen molar-refractivity contribution in [3.8, 4) is 0 Å². The molecule has 0 atom stereocenters. The summed E-state index contributed by atoms with van der Waals surface area (Å²) in [4.78, 5) is 0. The molecule has 0 spiro atoms. The van der Waals surface area contributed by atoms with Crippen LogP contribution >= 0.6 is 0 Å². The largest absolute Gasteiger partial charge is 0.317 e.